The lowest BCUT2D eigenvalue weighted by Crippen LogP contribution is -2.32. The summed E-state index contributed by atoms with van der Waals surface area (Å²) in [6.07, 6.45) is 6.76. The number of pyridine rings is 1. The van der Waals surface area contributed by atoms with Crippen LogP contribution in [0.5, 0.6) is 0 Å². The standard InChI is InChI=1S/C16H22N4O/c1-4-12(10-17-7-1)11-20-15-13(5-2-8-18-15)19-16(20)14-6-3-9-21-14/h2,5,8,12,14,17H,1,3-4,6-7,9-11H2. The molecule has 4 rings (SSSR count). The van der Waals surface area contributed by atoms with Gasteiger partial charge in [0.1, 0.15) is 17.4 Å². The van der Waals surface area contributed by atoms with Gasteiger partial charge in [-0.05, 0) is 56.8 Å². The van der Waals surface area contributed by atoms with Gasteiger partial charge in [-0.15, -0.1) is 0 Å². The first kappa shape index (κ1) is 13.2. The maximum Gasteiger partial charge on any atom is 0.160 e. The molecule has 0 bridgehead atoms. The minimum absolute atomic E-state index is 0.149. The number of imidazole rings is 1. The molecule has 2 aliphatic heterocycles. The minimum Gasteiger partial charge on any atom is -0.370 e. The van der Waals surface area contributed by atoms with E-state index in [0.717, 1.165) is 56.1 Å². The second kappa shape index (κ2) is 5.73. The summed E-state index contributed by atoms with van der Waals surface area (Å²) in [4.78, 5) is 9.38. The van der Waals surface area contributed by atoms with Gasteiger partial charge in [-0.2, -0.15) is 0 Å². The SMILES string of the molecule is c1cnc2c(c1)nc(C1CCCO1)n2CC1CCCNC1. The van der Waals surface area contributed by atoms with Crippen molar-refractivity contribution in [3.8, 4) is 0 Å². The fraction of sp³-hybridized carbons (Fsp3) is 0.625. The van der Waals surface area contributed by atoms with E-state index in [4.69, 9.17) is 9.72 Å². The number of fused-ring (bicyclic) bond motifs is 1. The molecule has 5 nitrogen and oxygen atoms in total. The lowest BCUT2D eigenvalue weighted by Gasteiger charge is -2.24. The number of hydrogen-bond donors (Lipinski definition) is 1. The summed E-state index contributed by atoms with van der Waals surface area (Å²) in [5, 5.41) is 3.50. The number of piperidine rings is 1. The molecule has 0 saturated carbocycles. The van der Waals surface area contributed by atoms with E-state index in [2.05, 4.69) is 20.9 Å². The Balaban J connectivity index is 1.70. The first-order valence-electron chi connectivity index (χ1n) is 8.05. The Morgan fingerprint density at radius 1 is 1.33 bits per heavy atom. The highest BCUT2D eigenvalue weighted by Gasteiger charge is 2.26. The predicted octanol–water partition coefficient (Wildman–Crippen LogP) is 2.28. The maximum absolute atomic E-state index is 5.87. The van der Waals surface area contributed by atoms with Gasteiger partial charge in [0.05, 0.1) is 0 Å². The average molecular weight is 286 g/mol. The Morgan fingerprint density at radius 2 is 2.33 bits per heavy atom. The summed E-state index contributed by atoms with van der Waals surface area (Å²) in [6.45, 7) is 4.09. The van der Waals surface area contributed by atoms with Crippen LogP contribution in [0.25, 0.3) is 11.2 Å². The van der Waals surface area contributed by atoms with Crippen LogP contribution in [0.4, 0.5) is 0 Å². The zero-order chi connectivity index (χ0) is 14.1. The third-order valence-electron chi connectivity index (χ3n) is 4.59. The van der Waals surface area contributed by atoms with Crippen molar-refractivity contribution in [1.29, 1.82) is 0 Å². The molecule has 2 saturated heterocycles. The van der Waals surface area contributed by atoms with Crippen molar-refractivity contribution in [2.75, 3.05) is 19.7 Å². The second-order valence-corrected chi connectivity index (χ2v) is 6.14. The fourth-order valence-electron chi connectivity index (χ4n) is 3.52. The van der Waals surface area contributed by atoms with Crippen molar-refractivity contribution in [3.05, 3.63) is 24.2 Å². The number of rotatable bonds is 3. The van der Waals surface area contributed by atoms with Crippen molar-refractivity contribution in [1.82, 2.24) is 19.9 Å². The minimum atomic E-state index is 0.149. The maximum atomic E-state index is 5.87. The number of nitrogens with one attached hydrogen (secondary N) is 1. The Labute approximate surface area is 124 Å². The normalized spacial score (nSPS) is 26.5. The van der Waals surface area contributed by atoms with Crippen LogP contribution in [0.2, 0.25) is 0 Å². The molecule has 2 fully saturated rings. The van der Waals surface area contributed by atoms with E-state index in [9.17, 15) is 0 Å². The van der Waals surface area contributed by atoms with Crippen molar-refractivity contribution >= 4 is 11.2 Å². The van der Waals surface area contributed by atoms with E-state index in [-0.39, 0.29) is 6.10 Å². The average Bonchev–Trinajstić information content (AvgIpc) is 3.16. The molecule has 0 aromatic carbocycles. The van der Waals surface area contributed by atoms with Crippen LogP contribution < -0.4 is 5.32 Å². The van der Waals surface area contributed by atoms with Crippen molar-refractivity contribution in [3.63, 3.8) is 0 Å². The van der Waals surface area contributed by atoms with Gasteiger partial charge in [-0.1, -0.05) is 0 Å². The highest BCUT2D eigenvalue weighted by Crippen LogP contribution is 2.31. The molecule has 2 atom stereocenters. The van der Waals surface area contributed by atoms with Crippen LogP contribution in [-0.4, -0.2) is 34.2 Å². The Bertz CT molecular complexity index is 612. The van der Waals surface area contributed by atoms with E-state index in [1.165, 1.54) is 12.8 Å². The van der Waals surface area contributed by atoms with Crippen LogP contribution in [0.3, 0.4) is 0 Å². The summed E-state index contributed by atoms with van der Waals surface area (Å²) in [7, 11) is 0. The molecule has 2 unspecified atom stereocenters. The molecule has 5 heteroatoms. The van der Waals surface area contributed by atoms with Crippen LogP contribution in [0, 0.1) is 5.92 Å². The molecular formula is C16H22N4O. The second-order valence-electron chi connectivity index (χ2n) is 6.14. The molecule has 0 aliphatic carbocycles. The number of nitrogens with zero attached hydrogens (tertiary/aromatic N) is 3. The molecule has 0 amide bonds. The molecule has 0 spiro atoms. The van der Waals surface area contributed by atoms with Crippen molar-refractivity contribution in [2.24, 2.45) is 5.92 Å². The van der Waals surface area contributed by atoms with Gasteiger partial charge in [0.2, 0.25) is 0 Å². The summed E-state index contributed by atoms with van der Waals surface area (Å²) in [5.74, 6) is 1.74. The molecule has 1 N–H and O–H groups in total. The van der Waals surface area contributed by atoms with E-state index in [0.29, 0.717) is 5.92 Å². The smallest absolute Gasteiger partial charge is 0.160 e. The molecule has 2 aromatic rings. The molecule has 2 aromatic heterocycles. The monoisotopic (exact) mass is 286 g/mol. The van der Waals surface area contributed by atoms with Crippen LogP contribution in [0.1, 0.15) is 37.6 Å². The predicted molar refractivity (Wildman–Crippen MR) is 81.0 cm³/mol. The lowest BCUT2D eigenvalue weighted by atomic mass is 9.99. The Hall–Kier alpha value is -1.46. The molecule has 21 heavy (non-hydrogen) atoms. The largest absolute Gasteiger partial charge is 0.370 e. The van der Waals surface area contributed by atoms with Gasteiger partial charge < -0.3 is 14.6 Å². The number of aromatic nitrogens is 3. The zero-order valence-corrected chi connectivity index (χ0v) is 12.3. The third kappa shape index (κ3) is 2.56. The Kier molecular flexibility index (Phi) is 3.61. The Morgan fingerprint density at radius 3 is 3.14 bits per heavy atom. The van der Waals surface area contributed by atoms with E-state index >= 15 is 0 Å². The molecule has 112 valence electrons. The fourth-order valence-corrected chi connectivity index (χ4v) is 3.52. The molecule has 0 radical (unpaired) electrons. The van der Waals surface area contributed by atoms with Crippen LogP contribution >= 0.6 is 0 Å². The van der Waals surface area contributed by atoms with Gasteiger partial charge in [0.25, 0.3) is 0 Å². The first-order chi connectivity index (χ1) is 10.4. The third-order valence-corrected chi connectivity index (χ3v) is 4.59. The van der Waals surface area contributed by atoms with Gasteiger partial charge >= 0.3 is 0 Å². The highest BCUT2D eigenvalue weighted by molar-refractivity contribution is 5.71. The van der Waals surface area contributed by atoms with Gasteiger partial charge in [0.15, 0.2) is 5.65 Å². The van der Waals surface area contributed by atoms with Crippen molar-refractivity contribution < 1.29 is 4.74 Å². The highest BCUT2D eigenvalue weighted by atomic mass is 16.5. The molecule has 4 heterocycles. The molecule has 2 aliphatic rings. The van der Waals surface area contributed by atoms with Crippen LogP contribution in [-0.2, 0) is 11.3 Å². The van der Waals surface area contributed by atoms with Crippen molar-refractivity contribution in [2.45, 2.75) is 38.3 Å². The summed E-state index contributed by atoms with van der Waals surface area (Å²) in [6, 6.07) is 4.01. The van der Waals surface area contributed by atoms with Crippen LogP contribution in [0.15, 0.2) is 18.3 Å². The number of hydrogen-bond acceptors (Lipinski definition) is 4. The number of ether oxygens (including phenoxy) is 1. The summed E-state index contributed by atoms with van der Waals surface area (Å²) >= 11 is 0. The zero-order valence-electron chi connectivity index (χ0n) is 12.3. The van der Waals surface area contributed by atoms with E-state index < -0.39 is 0 Å². The van der Waals surface area contributed by atoms with Gasteiger partial charge in [-0.25, -0.2) is 9.97 Å². The summed E-state index contributed by atoms with van der Waals surface area (Å²) in [5.41, 5.74) is 2.00. The summed E-state index contributed by atoms with van der Waals surface area (Å²) < 4.78 is 8.18. The lowest BCUT2D eigenvalue weighted by molar-refractivity contribution is 0.101. The molecular weight excluding hydrogens is 264 g/mol. The van der Waals surface area contributed by atoms with E-state index in [1.54, 1.807) is 0 Å². The van der Waals surface area contributed by atoms with Gasteiger partial charge in [0, 0.05) is 19.3 Å². The quantitative estimate of drug-likeness (QED) is 0.940. The van der Waals surface area contributed by atoms with Gasteiger partial charge in [-0.3, -0.25) is 0 Å². The topological polar surface area (TPSA) is 52.0 Å². The first-order valence-corrected chi connectivity index (χ1v) is 8.05. The van der Waals surface area contributed by atoms with E-state index in [1.807, 2.05) is 12.3 Å².